The molecule has 0 saturated heterocycles. The normalized spacial score (nSPS) is 19.0. The minimum absolute atomic E-state index is 0.140. The van der Waals surface area contributed by atoms with E-state index in [0.717, 1.165) is 19.3 Å². The van der Waals surface area contributed by atoms with Gasteiger partial charge in [0.15, 0.2) is 0 Å². The van der Waals surface area contributed by atoms with Gasteiger partial charge in [0.2, 0.25) is 0 Å². The fraction of sp³-hybridized carbons (Fsp3) is 0.889. The van der Waals surface area contributed by atoms with Gasteiger partial charge < -0.3 is 15.2 Å². The maximum Gasteiger partial charge on any atom is 0.407 e. The van der Waals surface area contributed by atoms with Crippen molar-refractivity contribution in [3.8, 4) is 0 Å². The molecular weight excluding hydrogens is 294 g/mol. The number of alkyl carbamates (subject to hydrolysis) is 1. The summed E-state index contributed by atoms with van der Waals surface area (Å²) in [4.78, 5) is 23.9. The van der Waals surface area contributed by atoms with Crippen LogP contribution in [-0.4, -0.2) is 29.3 Å². The molecule has 5 nitrogen and oxygen atoms in total. The van der Waals surface area contributed by atoms with Crippen molar-refractivity contribution in [3.05, 3.63) is 0 Å². The number of amides is 1. The van der Waals surface area contributed by atoms with Crippen LogP contribution in [-0.2, 0) is 9.53 Å². The van der Waals surface area contributed by atoms with Crippen LogP contribution >= 0.6 is 0 Å². The molecule has 1 amide bonds. The van der Waals surface area contributed by atoms with Gasteiger partial charge >= 0.3 is 12.1 Å². The molecule has 1 fully saturated rings. The Morgan fingerprint density at radius 2 is 1.78 bits per heavy atom. The number of hydrogen-bond donors (Lipinski definition) is 2. The summed E-state index contributed by atoms with van der Waals surface area (Å²) in [5.41, 5.74) is -1.46. The first-order chi connectivity index (χ1) is 10.7. The summed E-state index contributed by atoms with van der Waals surface area (Å²) in [5, 5.41) is 12.5. The highest BCUT2D eigenvalue weighted by Crippen LogP contribution is 2.38. The summed E-state index contributed by atoms with van der Waals surface area (Å²) in [6.45, 7) is 7.52. The molecule has 0 bridgehead atoms. The molecule has 1 unspecified atom stereocenters. The number of aliphatic carboxylic acids is 1. The molecule has 134 valence electrons. The molecule has 23 heavy (non-hydrogen) atoms. The van der Waals surface area contributed by atoms with Crippen molar-refractivity contribution >= 4 is 12.1 Å². The Hall–Kier alpha value is -1.26. The van der Waals surface area contributed by atoms with Crippen LogP contribution in [0.3, 0.4) is 0 Å². The van der Waals surface area contributed by atoms with Crippen LogP contribution in [0.15, 0.2) is 0 Å². The van der Waals surface area contributed by atoms with Gasteiger partial charge in [-0.05, 0) is 39.5 Å². The minimum atomic E-state index is -0.881. The number of rotatable bonds is 7. The van der Waals surface area contributed by atoms with Crippen molar-refractivity contribution in [1.82, 2.24) is 5.32 Å². The Bertz CT molecular complexity index is 396. The average molecular weight is 327 g/mol. The van der Waals surface area contributed by atoms with Gasteiger partial charge in [0, 0.05) is 6.54 Å². The number of carbonyl (C=O) groups is 2. The predicted octanol–water partition coefficient (Wildman–Crippen LogP) is 4.35. The second-order valence-corrected chi connectivity index (χ2v) is 7.90. The van der Waals surface area contributed by atoms with Crippen LogP contribution in [0.25, 0.3) is 0 Å². The zero-order valence-electron chi connectivity index (χ0n) is 15.1. The van der Waals surface area contributed by atoms with Crippen LogP contribution in [0, 0.1) is 11.3 Å². The third-order valence-electron chi connectivity index (χ3n) is 4.56. The standard InChI is InChI=1S/C18H33NO4/c1-5-11-18(15(20)21,12-14-9-7-6-8-10-14)13-19-16(22)23-17(2,3)4/h14H,5-13H2,1-4H3,(H,19,22)(H,20,21). The number of carboxylic acids is 1. The topological polar surface area (TPSA) is 75.6 Å². The van der Waals surface area contributed by atoms with Crippen LogP contribution in [0.4, 0.5) is 4.79 Å². The fourth-order valence-corrected chi connectivity index (χ4v) is 3.51. The van der Waals surface area contributed by atoms with E-state index >= 15 is 0 Å². The van der Waals surface area contributed by atoms with E-state index in [1.54, 1.807) is 20.8 Å². The van der Waals surface area contributed by atoms with Crippen LogP contribution in [0.2, 0.25) is 0 Å². The second kappa shape index (κ2) is 8.55. The molecule has 0 aliphatic heterocycles. The number of hydrogen-bond acceptors (Lipinski definition) is 3. The largest absolute Gasteiger partial charge is 0.481 e. The highest BCUT2D eigenvalue weighted by molar-refractivity contribution is 5.76. The Morgan fingerprint density at radius 3 is 2.26 bits per heavy atom. The van der Waals surface area contributed by atoms with Gasteiger partial charge in [-0.25, -0.2) is 4.79 Å². The number of nitrogens with one attached hydrogen (secondary N) is 1. The fourth-order valence-electron chi connectivity index (χ4n) is 3.51. The Morgan fingerprint density at radius 1 is 1.17 bits per heavy atom. The first-order valence-corrected chi connectivity index (χ1v) is 8.89. The third-order valence-corrected chi connectivity index (χ3v) is 4.56. The van der Waals surface area contributed by atoms with E-state index in [9.17, 15) is 14.7 Å². The second-order valence-electron chi connectivity index (χ2n) is 7.90. The van der Waals surface area contributed by atoms with Crippen LogP contribution in [0.1, 0.15) is 79.1 Å². The van der Waals surface area contributed by atoms with Gasteiger partial charge in [0.25, 0.3) is 0 Å². The Labute approximate surface area is 140 Å². The van der Waals surface area contributed by atoms with Gasteiger partial charge in [-0.1, -0.05) is 45.4 Å². The van der Waals surface area contributed by atoms with Gasteiger partial charge in [-0.2, -0.15) is 0 Å². The minimum Gasteiger partial charge on any atom is -0.481 e. The van der Waals surface area contributed by atoms with Gasteiger partial charge in [-0.3, -0.25) is 4.79 Å². The molecule has 1 aliphatic rings. The number of carbonyl (C=O) groups excluding carboxylic acids is 1. The molecular formula is C18H33NO4. The third kappa shape index (κ3) is 6.80. The van der Waals surface area contributed by atoms with Crippen molar-refractivity contribution in [3.63, 3.8) is 0 Å². The Balaban J connectivity index is 2.73. The van der Waals surface area contributed by atoms with Crippen molar-refractivity contribution in [2.45, 2.75) is 84.7 Å². The Kier molecular flexibility index (Phi) is 7.36. The molecule has 0 spiro atoms. The SMILES string of the molecule is CCCC(CNC(=O)OC(C)(C)C)(CC1CCCCC1)C(=O)O. The molecule has 0 aromatic heterocycles. The lowest BCUT2D eigenvalue weighted by Crippen LogP contribution is -2.45. The highest BCUT2D eigenvalue weighted by Gasteiger charge is 2.40. The van der Waals surface area contributed by atoms with Crippen LogP contribution < -0.4 is 5.32 Å². The van der Waals surface area contributed by atoms with Crippen molar-refractivity contribution in [2.24, 2.45) is 11.3 Å². The molecule has 1 saturated carbocycles. The monoisotopic (exact) mass is 327 g/mol. The lowest BCUT2D eigenvalue weighted by Gasteiger charge is -2.35. The van der Waals surface area contributed by atoms with Crippen molar-refractivity contribution in [1.29, 1.82) is 0 Å². The lowest BCUT2D eigenvalue weighted by atomic mass is 9.72. The molecule has 0 heterocycles. The molecule has 5 heteroatoms. The summed E-state index contributed by atoms with van der Waals surface area (Å²) in [6, 6.07) is 0. The molecule has 1 aliphatic carbocycles. The molecule has 2 N–H and O–H groups in total. The van der Waals surface area contributed by atoms with Gasteiger partial charge in [0.05, 0.1) is 5.41 Å². The predicted molar refractivity (Wildman–Crippen MR) is 90.4 cm³/mol. The van der Waals surface area contributed by atoms with E-state index in [-0.39, 0.29) is 6.54 Å². The highest BCUT2D eigenvalue weighted by atomic mass is 16.6. The summed E-state index contributed by atoms with van der Waals surface area (Å²) in [7, 11) is 0. The summed E-state index contributed by atoms with van der Waals surface area (Å²) < 4.78 is 5.24. The summed E-state index contributed by atoms with van der Waals surface area (Å²) in [6.07, 6.45) is 7.30. The molecule has 0 radical (unpaired) electrons. The first kappa shape index (κ1) is 19.8. The van der Waals surface area contributed by atoms with E-state index in [2.05, 4.69) is 5.32 Å². The number of ether oxygens (including phenoxy) is 1. The average Bonchev–Trinajstić information content (AvgIpc) is 2.44. The number of carboxylic acid groups (broad SMARTS) is 1. The van der Waals surface area contributed by atoms with E-state index in [1.165, 1.54) is 19.3 Å². The van der Waals surface area contributed by atoms with Crippen molar-refractivity contribution < 1.29 is 19.4 Å². The van der Waals surface area contributed by atoms with Crippen molar-refractivity contribution in [2.75, 3.05) is 6.54 Å². The summed E-state index contributed by atoms with van der Waals surface area (Å²) >= 11 is 0. The molecule has 1 atom stereocenters. The molecule has 0 aromatic rings. The van der Waals surface area contributed by atoms with Gasteiger partial charge in [0.1, 0.15) is 5.60 Å². The van der Waals surface area contributed by atoms with E-state index < -0.39 is 23.1 Å². The van der Waals surface area contributed by atoms with Gasteiger partial charge in [-0.15, -0.1) is 0 Å². The molecule has 0 aromatic carbocycles. The van der Waals surface area contributed by atoms with Crippen LogP contribution in [0.5, 0.6) is 0 Å². The zero-order valence-corrected chi connectivity index (χ0v) is 15.1. The lowest BCUT2D eigenvalue weighted by molar-refractivity contribution is -0.150. The quantitative estimate of drug-likeness (QED) is 0.729. The summed E-state index contributed by atoms with van der Waals surface area (Å²) in [5.74, 6) is -0.354. The first-order valence-electron chi connectivity index (χ1n) is 8.89. The zero-order chi connectivity index (χ0) is 17.5. The smallest absolute Gasteiger partial charge is 0.407 e. The maximum absolute atomic E-state index is 12.0. The maximum atomic E-state index is 12.0. The van der Waals surface area contributed by atoms with E-state index in [0.29, 0.717) is 18.8 Å². The van der Waals surface area contributed by atoms with E-state index in [1.807, 2.05) is 6.92 Å². The van der Waals surface area contributed by atoms with E-state index in [4.69, 9.17) is 4.74 Å². The molecule has 1 rings (SSSR count).